The Hall–Kier alpha value is -2.38. The molecule has 3 amide bonds. The number of aliphatic hydroxyl groups excluding tert-OH is 1. The molecule has 0 unspecified atom stereocenters. The van der Waals surface area contributed by atoms with Crippen molar-refractivity contribution in [2.24, 2.45) is 0 Å². The highest BCUT2D eigenvalue weighted by molar-refractivity contribution is 8.18. The largest absolute Gasteiger partial charge is 0.396 e. The lowest BCUT2D eigenvalue weighted by atomic mass is 9.99. The molecule has 2 saturated heterocycles. The molecule has 2 aliphatic rings. The molecular weight excluding hydrogens is 388 g/mol. The molecule has 7 heteroatoms. The van der Waals surface area contributed by atoms with Crippen LogP contribution in [-0.2, 0) is 9.59 Å². The fourth-order valence-electron chi connectivity index (χ4n) is 3.65. The van der Waals surface area contributed by atoms with Gasteiger partial charge in [-0.25, -0.2) is 0 Å². The van der Waals surface area contributed by atoms with Gasteiger partial charge in [-0.3, -0.25) is 19.3 Å². The van der Waals surface area contributed by atoms with Crippen molar-refractivity contribution in [2.75, 3.05) is 19.7 Å². The SMILES string of the molecule is O=C1S/C(=C\C=C\c2ccccc2)C(=O)N1CCC(=O)N1CCCC[C@@H]1CCO. The van der Waals surface area contributed by atoms with Crippen molar-refractivity contribution in [2.45, 2.75) is 38.1 Å². The lowest BCUT2D eigenvalue weighted by Crippen LogP contribution is -2.45. The predicted molar refractivity (Wildman–Crippen MR) is 114 cm³/mol. The highest BCUT2D eigenvalue weighted by atomic mass is 32.2. The summed E-state index contributed by atoms with van der Waals surface area (Å²) >= 11 is 0.902. The number of rotatable bonds is 7. The van der Waals surface area contributed by atoms with E-state index in [1.165, 1.54) is 0 Å². The summed E-state index contributed by atoms with van der Waals surface area (Å²) in [5.41, 5.74) is 1.01. The first-order valence-corrected chi connectivity index (χ1v) is 10.8. The van der Waals surface area contributed by atoms with Crippen molar-refractivity contribution in [3.05, 3.63) is 53.0 Å². The summed E-state index contributed by atoms with van der Waals surface area (Å²) in [6, 6.07) is 9.74. The standard InChI is InChI=1S/C22H26N2O4S/c25-16-13-18-10-4-5-14-23(18)20(26)12-15-24-21(27)19(29-22(24)28)11-6-9-17-7-2-1-3-8-17/h1-3,6-9,11,18,25H,4-5,10,12-16H2/b9-6+,19-11-/t18-/m1/s1. The average Bonchev–Trinajstić information content (AvgIpc) is 3.00. The first-order valence-electron chi connectivity index (χ1n) is 9.97. The Balaban J connectivity index is 1.56. The van der Waals surface area contributed by atoms with E-state index in [-0.39, 0.29) is 42.7 Å². The molecule has 29 heavy (non-hydrogen) atoms. The van der Waals surface area contributed by atoms with Crippen LogP contribution in [0, 0.1) is 0 Å². The Morgan fingerprint density at radius 2 is 2.00 bits per heavy atom. The second-order valence-electron chi connectivity index (χ2n) is 7.12. The molecule has 0 aliphatic carbocycles. The summed E-state index contributed by atoms with van der Waals surface area (Å²) in [5, 5.41) is 8.87. The molecule has 1 atom stereocenters. The van der Waals surface area contributed by atoms with Crippen LogP contribution < -0.4 is 0 Å². The van der Waals surface area contributed by atoms with Gasteiger partial charge in [-0.15, -0.1) is 0 Å². The molecule has 2 aliphatic heterocycles. The molecule has 0 radical (unpaired) electrons. The molecule has 0 aromatic heterocycles. The smallest absolute Gasteiger partial charge is 0.293 e. The summed E-state index contributed by atoms with van der Waals surface area (Å²) in [5.74, 6) is -0.411. The normalized spacial score (nSPS) is 21.6. The lowest BCUT2D eigenvalue weighted by Gasteiger charge is -2.36. The van der Waals surface area contributed by atoms with Crippen LogP contribution in [0.25, 0.3) is 6.08 Å². The Bertz CT molecular complexity index is 804. The van der Waals surface area contributed by atoms with Gasteiger partial charge in [-0.05, 0) is 49.1 Å². The minimum atomic E-state index is -0.351. The zero-order valence-corrected chi connectivity index (χ0v) is 17.1. The van der Waals surface area contributed by atoms with Gasteiger partial charge in [0.2, 0.25) is 5.91 Å². The highest BCUT2D eigenvalue weighted by Gasteiger charge is 2.35. The van der Waals surface area contributed by atoms with Crippen molar-refractivity contribution in [1.82, 2.24) is 9.80 Å². The number of likely N-dealkylation sites (tertiary alicyclic amines) is 1. The van der Waals surface area contributed by atoms with E-state index >= 15 is 0 Å². The van der Waals surface area contributed by atoms with Gasteiger partial charge in [-0.1, -0.05) is 42.5 Å². The van der Waals surface area contributed by atoms with Crippen LogP contribution in [0.5, 0.6) is 0 Å². The van der Waals surface area contributed by atoms with Gasteiger partial charge in [0, 0.05) is 32.2 Å². The van der Waals surface area contributed by atoms with Crippen LogP contribution in [0.3, 0.4) is 0 Å². The van der Waals surface area contributed by atoms with E-state index in [0.717, 1.165) is 41.5 Å². The van der Waals surface area contributed by atoms with E-state index in [0.29, 0.717) is 17.9 Å². The van der Waals surface area contributed by atoms with Crippen LogP contribution in [0.2, 0.25) is 0 Å². The van der Waals surface area contributed by atoms with Crippen molar-refractivity contribution in [3.8, 4) is 0 Å². The van der Waals surface area contributed by atoms with E-state index < -0.39 is 0 Å². The Labute approximate surface area is 175 Å². The molecule has 1 aromatic carbocycles. The molecule has 0 bridgehead atoms. The maximum absolute atomic E-state index is 12.6. The van der Waals surface area contributed by atoms with E-state index in [1.807, 2.05) is 36.4 Å². The number of piperidine rings is 1. The summed E-state index contributed by atoms with van der Waals surface area (Å²) in [4.78, 5) is 40.7. The van der Waals surface area contributed by atoms with Crippen LogP contribution in [0.1, 0.15) is 37.7 Å². The van der Waals surface area contributed by atoms with Crippen molar-refractivity contribution < 1.29 is 19.5 Å². The number of benzene rings is 1. The van der Waals surface area contributed by atoms with Crippen molar-refractivity contribution >= 4 is 34.9 Å². The summed E-state index contributed by atoms with van der Waals surface area (Å²) in [6.07, 6.45) is 8.85. The average molecular weight is 415 g/mol. The van der Waals surface area contributed by atoms with Crippen LogP contribution in [0.4, 0.5) is 4.79 Å². The fraction of sp³-hybridized carbons (Fsp3) is 0.409. The Kier molecular flexibility index (Phi) is 7.66. The third-order valence-electron chi connectivity index (χ3n) is 5.17. The Morgan fingerprint density at radius 3 is 2.76 bits per heavy atom. The van der Waals surface area contributed by atoms with Gasteiger partial charge in [0.1, 0.15) is 0 Å². The molecule has 6 nitrogen and oxygen atoms in total. The van der Waals surface area contributed by atoms with E-state index in [1.54, 1.807) is 17.1 Å². The summed E-state index contributed by atoms with van der Waals surface area (Å²) in [6.45, 7) is 0.819. The maximum atomic E-state index is 12.6. The number of thioether (sulfide) groups is 1. The number of carbonyl (C=O) groups is 3. The van der Waals surface area contributed by atoms with Gasteiger partial charge in [-0.2, -0.15) is 0 Å². The second kappa shape index (κ2) is 10.4. The van der Waals surface area contributed by atoms with Gasteiger partial charge in [0.25, 0.3) is 11.1 Å². The number of aliphatic hydroxyl groups is 1. The third-order valence-corrected chi connectivity index (χ3v) is 6.09. The first kappa shape index (κ1) is 21.3. The number of amides is 3. The number of allylic oxidation sites excluding steroid dienone is 2. The summed E-state index contributed by atoms with van der Waals surface area (Å²) < 4.78 is 0. The number of hydrogen-bond acceptors (Lipinski definition) is 5. The number of nitrogens with zero attached hydrogens (tertiary/aromatic N) is 2. The van der Waals surface area contributed by atoms with Crippen LogP contribution in [-0.4, -0.2) is 57.7 Å². The molecule has 3 rings (SSSR count). The quantitative estimate of drug-likeness (QED) is 0.692. The van der Waals surface area contributed by atoms with Crippen LogP contribution >= 0.6 is 11.8 Å². The van der Waals surface area contributed by atoms with Crippen molar-refractivity contribution in [3.63, 3.8) is 0 Å². The fourth-order valence-corrected chi connectivity index (χ4v) is 4.46. The van der Waals surface area contributed by atoms with E-state index in [4.69, 9.17) is 0 Å². The number of imide groups is 1. The minimum Gasteiger partial charge on any atom is -0.396 e. The second-order valence-corrected chi connectivity index (χ2v) is 8.12. The van der Waals surface area contributed by atoms with E-state index in [2.05, 4.69) is 0 Å². The van der Waals surface area contributed by atoms with Gasteiger partial charge in [0.15, 0.2) is 0 Å². The zero-order valence-electron chi connectivity index (χ0n) is 16.3. The third kappa shape index (κ3) is 5.58. The molecule has 1 N–H and O–H groups in total. The maximum Gasteiger partial charge on any atom is 0.293 e. The molecule has 0 spiro atoms. The monoisotopic (exact) mass is 414 g/mol. The van der Waals surface area contributed by atoms with Gasteiger partial charge in [0.05, 0.1) is 4.91 Å². The van der Waals surface area contributed by atoms with Crippen LogP contribution in [0.15, 0.2) is 47.4 Å². The van der Waals surface area contributed by atoms with Gasteiger partial charge < -0.3 is 10.0 Å². The number of carbonyl (C=O) groups excluding carboxylic acids is 3. The lowest BCUT2D eigenvalue weighted by molar-refractivity contribution is -0.135. The van der Waals surface area contributed by atoms with Crippen molar-refractivity contribution in [1.29, 1.82) is 0 Å². The van der Waals surface area contributed by atoms with E-state index in [9.17, 15) is 19.5 Å². The molecule has 1 aromatic rings. The Morgan fingerprint density at radius 1 is 1.21 bits per heavy atom. The predicted octanol–water partition coefficient (Wildman–Crippen LogP) is 3.43. The molecule has 154 valence electrons. The molecular formula is C22H26N2O4S. The summed E-state index contributed by atoms with van der Waals surface area (Å²) in [7, 11) is 0. The molecule has 0 saturated carbocycles. The minimum absolute atomic E-state index is 0.0544. The molecule has 2 fully saturated rings. The highest BCUT2D eigenvalue weighted by Crippen LogP contribution is 2.31. The molecule has 2 heterocycles. The zero-order chi connectivity index (χ0) is 20.6. The number of hydrogen-bond donors (Lipinski definition) is 1. The first-order chi connectivity index (χ1) is 14.1. The van der Waals surface area contributed by atoms with Gasteiger partial charge >= 0.3 is 0 Å². The topological polar surface area (TPSA) is 77.9 Å².